The molecule has 116 valence electrons. The molecule has 0 aliphatic heterocycles. The fraction of sp³-hybridized carbons (Fsp3) is 0.467. The first-order chi connectivity index (χ1) is 9.93. The Morgan fingerprint density at radius 1 is 1.24 bits per heavy atom. The van der Waals surface area contributed by atoms with E-state index in [0.29, 0.717) is 11.7 Å². The van der Waals surface area contributed by atoms with E-state index in [9.17, 15) is 9.59 Å². The minimum Gasteiger partial charge on any atom is -0.483 e. The van der Waals surface area contributed by atoms with E-state index in [4.69, 9.17) is 4.74 Å². The molecule has 1 aromatic rings. The SMILES string of the molecule is CCOC(=O)NNC(=O)COc1cc(C)ccc1C(C)C. The van der Waals surface area contributed by atoms with E-state index in [-0.39, 0.29) is 13.2 Å². The Morgan fingerprint density at radius 3 is 2.57 bits per heavy atom. The first-order valence-electron chi connectivity index (χ1n) is 6.89. The summed E-state index contributed by atoms with van der Waals surface area (Å²) in [6.45, 7) is 7.80. The van der Waals surface area contributed by atoms with Gasteiger partial charge in [-0.05, 0) is 37.0 Å². The molecular weight excluding hydrogens is 272 g/mol. The summed E-state index contributed by atoms with van der Waals surface area (Å²) in [4.78, 5) is 22.6. The van der Waals surface area contributed by atoms with Crippen LogP contribution < -0.4 is 15.6 Å². The van der Waals surface area contributed by atoms with Crippen LogP contribution in [0, 0.1) is 6.92 Å². The second-order valence-electron chi connectivity index (χ2n) is 4.88. The Balaban J connectivity index is 2.53. The minimum atomic E-state index is -0.704. The van der Waals surface area contributed by atoms with Crippen LogP contribution in [0.25, 0.3) is 0 Å². The highest BCUT2D eigenvalue weighted by Gasteiger charge is 2.10. The molecule has 2 N–H and O–H groups in total. The van der Waals surface area contributed by atoms with Crippen molar-refractivity contribution in [1.82, 2.24) is 10.9 Å². The molecule has 0 radical (unpaired) electrons. The molecule has 0 aromatic heterocycles. The van der Waals surface area contributed by atoms with Crippen molar-refractivity contribution >= 4 is 12.0 Å². The first-order valence-corrected chi connectivity index (χ1v) is 6.89. The zero-order valence-electron chi connectivity index (χ0n) is 12.9. The highest BCUT2D eigenvalue weighted by atomic mass is 16.6. The van der Waals surface area contributed by atoms with Gasteiger partial charge in [-0.15, -0.1) is 0 Å². The number of rotatable bonds is 5. The largest absolute Gasteiger partial charge is 0.483 e. The normalized spacial score (nSPS) is 10.1. The molecule has 1 aromatic carbocycles. The lowest BCUT2D eigenvalue weighted by molar-refractivity contribution is -0.124. The summed E-state index contributed by atoms with van der Waals surface area (Å²) in [5.41, 5.74) is 6.43. The van der Waals surface area contributed by atoms with Crippen LogP contribution in [0.15, 0.2) is 18.2 Å². The Bertz CT molecular complexity index is 500. The highest BCUT2D eigenvalue weighted by Crippen LogP contribution is 2.27. The third-order valence-corrected chi connectivity index (χ3v) is 2.73. The molecule has 0 heterocycles. The molecule has 0 atom stereocenters. The van der Waals surface area contributed by atoms with Crippen molar-refractivity contribution in [3.63, 3.8) is 0 Å². The van der Waals surface area contributed by atoms with Crippen LogP contribution in [-0.2, 0) is 9.53 Å². The third kappa shape index (κ3) is 5.72. The van der Waals surface area contributed by atoms with Crippen LogP contribution in [0.2, 0.25) is 0 Å². The molecule has 0 saturated heterocycles. The predicted molar refractivity (Wildman–Crippen MR) is 79.1 cm³/mol. The number of hydrazine groups is 1. The Hall–Kier alpha value is -2.24. The molecule has 0 aliphatic carbocycles. The molecular formula is C15H22N2O4. The van der Waals surface area contributed by atoms with Crippen LogP contribution in [0.3, 0.4) is 0 Å². The maximum absolute atomic E-state index is 11.6. The van der Waals surface area contributed by atoms with E-state index in [1.165, 1.54) is 0 Å². The van der Waals surface area contributed by atoms with Crippen molar-refractivity contribution in [3.05, 3.63) is 29.3 Å². The van der Waals surface area contributed by atoms with E-state index >= 15 is 0 Å². The number of carbonyl (C=O) groups is 2. The number of carbonyl (C=O) groups excluding carboxylic acids is 2. The third-order valence-electron chi connectivity index (χ3n) is 2.73. The van der Waals surface area contributed by atoms with Gasteiger partial charge in [-0.25, -0.2) is 10.2 Å². The average Bonchev–Trinajstić information content (AvgIpc) is 2.43. The summed E-state index contributed by atoms with van der Waals surface area (Å²) in [5.74, 6) is 0.511. The van der Waals surface area contributed by atoms with Gasteiger partial charge in [0.25, 0.3) is 5.91 Å². The fourth-order valence-corrected chi connectivity index (χ4v) is 1.71. The smallest absolute Gasteiger partial charge is 0.426 e. The zero-order valence-corrected chi connectivity index (χ0v) is 12.9. The summed E-state index contributed by atoms with van der Waals surface area (Å²) in [7, 11) is 0. The van der Waals surface area contributed by atoms with Gasteiger partial charge in [-0.2, -0.15) is 0 Å². The number of ether oxygens (including phenoxy) is 2. The van der Waals surface area contributed by atoms with Gasteiger partial charge in [-0.3, -0.25) is 10.2 Å². The quantitative estimate of drug-likeness (QED) is 0.817. The van der Waals surface area contributed by atoms with E-state index < -0.39 is 12.0 Å². The van der Waals surface area contributed by atoms with Gasteiger partial charge in [-0.1, -0.05) is 26.0 Å². The van der Waals surface area contributed by atoms with Crippen LogP contribution in [0.4, 0.5) is 4.79 Å². The Kier molecular flexibility index (Phi) is 6.52. The monoisotopic (exact) mass is 294 g/mol. The van der Waals surface area contributed by atoms with Crippen molar-refractivity contribution in [3.8, 4) is 5.75 Å². The van der Waals surface area contributed by atoms with Crippen LogP contribution in [0.1, 0.15) is 37.8 Å². The number of hydrogen-bond donors (Lipinski definition) is 2. The van der Waals surface area contributed by atoms with Crippen molar-refractivity contribution in [2.24, 2.45) is 0 Å². The summed E-state index contributed by atoms with van der Waals surface area (Å²) in [6.07, 6.45) is -0.704. The molecule has 0 fully saturated rings. The summed E-state index contributed by atoms with van der Waals surface area (Å²) >= 11 is 0. The topological polar surface area (TPSA) is 76.7 Å². The molecule has 21 heavy (non-hydrogen) atoms. The maximum atomic E-state index is 11.6. The van der Waals surface area contributed by atoms with Crippen molar-refractivity contribution in [2.75, 3.05) is 13.2 Å². The molecule has 0 bridgehead atoms. The van der Waals surface area contributed by atoms with Crippen LogP contribution in [0.5, 0.6) is 5.75 Å². The van der Waals surface area contributed by atoms with Gasteiger partial charge < -0.3 is 9.47 Å². The van der Waals surface area contributed by atoms with Crippen LogP contribution in [-0.4, -0.2) is 25.2 Å². The Labute approximate surface area is 124 Å². The lowest BCUT2D eigenvalue weighted by Crippen LogP contribution is -2.44. The van der Waals surface area contributed by atoms with Gasteiger partial charge in [0.05, 0.1) is 6.61 Å². The van der Waals surface area contributed by atoms with E-state index in [1.54, 1.807) is 6.92 Å². The number of amides is 2. The Morgan fingerprint density at radius 2 is 1.95 bits per heavy atom. The van der Waals surface area contributed by atoms with Crippen molar-refractivity contribution < 1.29 is 19.1 Å². The highest BCUT2D eigenvalue weighted by molar-refractivity contribution is 5.80. The predicted octanol–water partition coefficient (Wildman–Crippen LogP) is 2.27. The lowest BCUT2D eigenvalue weighted by atomic mass is 10.0. The number of benzene rings is 1. The second-order valence-corrected chi connectivity index (χ2v) is 4.88. The maximum Gasteiger partial charge on any atom is 0.426 e. The van der Waals surface area contributed by atoms with Crippen molar-refractivity contribution in [1.29, 1.82) is 0 Å². The molecule has 6 heteroatoms. The molecule has 2 amide bonds. The zero-order chi connectivity index (χ0) is 15.8. The van der Waals surface area contributed by atoms with Gasteiger partial charge in [0.2, 0.25) is 0 Å². The summed E-state index contributed by atoms with van der Waals surface area (Å²) in [6, 6.07) is 5.88. The average molecular weight is 294 g/mol. The molecule has 1 rings (SSSR count). The standard InChI is InChI=1S/C15H22N2O4/c1-5-20-15(19)17-16-14(18)9-21-13-8-11(4)6-7-12(13)10(2)3/h6-8,10H,5,9H2,1-4H3,(H,16,18)(H,17,19). The van der Waals surface area contributed by atoms with E-state index in [1.807, 2.05) is 25.1 Å². The molecule has 0 aliphatic rings. The first kappa shape index (κ1) is 16.8. The van der Waals surface area contributed by atoms with Gasteiger partial charge >= 0.3 is 6.09 Å². The van der Waals surface area contributed by atoms with Crippen molar-refractivity contribution in [2.45, 2.75) is 33.6 Å². The van der Waals surface area contributed by atoms with Gasteiger partial charge in [0.1, 0.15) is 5.75 Å². The number of aryl methyl sites for hydroxylation is 1. The van der Waals surface area contributed by atoms with E-state index in [0.717, 1.165) is 11.1 Å². The summed E-state index contributed by atoms with van der Waals surface area (Å²) < 4.78 is 10.1. The molecule has 0 saturated carbocycles. The van der Waals surface area contributed by atoms with Crippen LogP contribution >= 0.6 is 0 Å². The fourth-order valence-electron chi connectivity index (χ4n) is 1.71. The lowest BCUT2D eigenvalue weighted by Gasteiger charge is -2.14. The van der Waals surface area contributed by atoms with Gasteiger partial charge in [0.15, 0.2) is 6.61 Å². The number of hydrogen-bond acceptors (Lipinski definition) is 4. The van der Waals surface area contributed by atoms with E-state index in [2.05, 4.69) is 29.4 Å². The minimum absolute atomic E-state index is 0.185. The van der Waals surface area contributed by atoms with Gasteiger partial charge in [0, 0.05) is 0 Å². The summed E-state index contributed by atoms with van der Waals surface area (Å²) in [5, 5.41) is 0. The second kappa shape index (κ2) is 8.14. The molecule has 0 spiro atoms. The number of nitrogens with one attached hydrogen (secondary N) is 2. The molecule has 0 unspecified atom stereocenters. The molecule has 6 nitrogen and oxygen atoms in total.